The van der Waals surface area contributed by atoms with Crippen LogP contribution in [0, 0.1) is 0 Å². The van der Waals surface area contributed by atoms with Gasteiger partial charge < -0.3 is 4.74 Å². The lowest BCUT2D eigenvalue weighted by Gasteiger charge is -1.92. The number of hydrogen-bond acceptors (Lipinski definition) is 2. The Labute approximate surface area is 68.4 Å². The predicted molar refractivity (Wildman–Crippen MR) is 44.4 cm³/mol. The van der Waals surface area contributed by atoms with E-state index in [0.717, 1.165) is 6.42 Å². The van der Waals surface area contributed by atoms with E-state index in [1.54, 1.807) is 0 Å². The molecule has 52 valence electrons. The third-order valence-electron chi connectivity index (χ3n) is 0.832. The molecule has 0 aromatic rings. The van der Waals surface area contributed by atoms with Crippen LogP contribution in [-0.4, -0.2) is 13.1 Å². The summed E-state index contributed by atoms with van der Waals surface area (Å²) in [5.41, 5.74) is 0. The molecule has 2 nitrogen and oxygen atoms in total. The lowest BCUT2D eigenvalue weighted by Crippen LogP contribution is -1.97. The minimum atomic E-state index is -0.149. The second-order valence-corrected chi connectivity index (χ2v) is 2.20. The fraction of sp³-hybridized carbons (Fsp3) is 0.500. The maximum absolute atomic E-state index is 10.4. The molecule has 0 N–H and O–H groups in total. The van der Waals surface area contributed by atoms with Crippen LogP contribution in [0.15, 0.2) is 10.2 Å². The summed E-state index contributed by atoms with van der Waals surface area (Å²) in [6.07, 6.45) is 3.18. The van der Waals surface area contributed by atoms with Gasteiger partial charge in [-0.3, -0.25) is 4.79 Å². The highest BCUT2D eigenvalue weighted by Crippen LogP contribution is 1.95. The molecular weight excluding hydrogens is 231 g/mol. The van der Waals surface area contributed by atoms with Crippen molar-refractivity contribution in [1.82, 2.24) is 0 Å². The first kappa shape index (κ1) is 8.94. The van der Waals surface area contributed by atoms with Crippen LogP contribution >= 0.6 is 22.6 Å². The lowest BCUT2D eigenvalue weighted by atomic mass is 10.3. The summed E-state index contributed by atoms with van der Waals surface area (Å²) >= 11 is 2.11. The third kappa shape index (κ3) is 5.82. The number of methoxy groups -OCH3 is 1. The molecule has 0 saturated carbocycles. The van der Waals surface area contributed by atoms with Crippen molar-refractivity contribution in [2.75, 3.05) is 7.11 Å². The Morgan fingerprint density at radius 1 is 1.78 bits per heavy atom. The third-order valence-corrected chi connectivity index (χ3v) is 1.34. The van der Waals surface area contributed by atoms with Crippen molar-refractivity contribution in [3.8, 4) is 0 Å². The first-order chi connectivity index (χ1) is 4.31. The SMILES string of the molecule is COC(=O)CC/C=C/I. The van der Waals surface area contributed by atoms with E-state index in [2.05, 4.69) is 27.3 Å². The van der Waals surface area contributed by atoms with Gasteiger partial charge in [-0.05, 0) is 10.5 Å². The lowest BCUT2D eigenvalue weighted by molar-refractivity contribution is -0.140. The van der Waals surface area contributed by atoms with E-state index >= 15 is 0 Å². The zero-order valence-corrected chi connectivity index (χ0v) is 7.42. The monoisotopic (exact) mass is 240 g/mol. The predicted octanol–water partition coefficient (Wildman–Crippen LogP) is 1.89. The van der Waals surface area contributed by atoms with E-state index in [4.69, 9.17) is 0 Å². The molecule has 0 aromatic heterocycles. The van der Waals surface area contributed by atoms with Crippen LogP contribution in [0.2, 0.25) is 0 Å². The average molecular weight is 240 g/mol. The minimum absolute atomic E-state index is 0.149. The van der Waals surface area contributed by atoms with Gasteiger partial charge in [0.1, 0.15) is 0 Å². The smallest absolute Gasteiger partial charge is 0.305 e. The number of carbonyl (C=O) groups is 1. The normalized spacial score (nSPS) is 10.0. The van der Waals surface area contributed by atoms with Crippen LogP contribution in [0.25, 0.3) is 0 Å². The van der Waals surface area contributed by atoms with Gasteiger partial charge in [0.05, 0.1) is 7.11 Å². The van der Waals surface area contributed by atoms with Crippen molar-refractivity contribution >= 4 is 28.6 Å². The molecular formula is C6H9IO2. The van der Waals surface area contributed by atoms with Gasteiger partial charge in [0, 0.05) is 6.42 Å². The Balaban J connectivity index is 3.17. The highest BCUT2D eigenvalue weighted by Gasteiger charge is 1.94. The molecule has 0 aromatic carbocycles. The standard InChI is InChI=1S/C6H9IO2/c1-9-6(8)4-2-3-5-7/h3,5H,2,4H2,1H3/b5-3+. The fourth-order valence-corrected chi connectivity index (χ4v) is 0.726. The van der Waals surface area contributed by atoms with Crippen molar-refractivity contribution in [3.05, 3.63) is 10.2 Å². The molecule has 0 unspecified atom stereocenters. The molecule has 9 heavy (non-hydrogen) atoms. The van der Waals surface area contributed by atoms with Crippen LogP contribution in [0.3, 0.4) is 0 Å². The van der Waals surface area contributed by atoms with E-state index in [-0.39, 0.29) is 5.97 Å². The number of rotatable bonds is 3. The highest BCUT2D eigenvalue weighted by atomic mass is 127. The molecule has 0 aliphatic carbocycles. The van der Waals surface area contributed by atoms with E-state index < -0.39 is 0 Å². The zero-order valence-electron chi connectivity index (χ0n) is 5.26. The van der Waals surface area contributed by atoms with E-state index in [9.17, 15) is 4.79 Å². The molecule has 0 amide bonds. The van der Waals surface area contributed by atoms with E-state index in [0.29, 0.717) is 6.42 Å². The number of allylic oxidation sites excluding steroid dienone is 1. The summed E-state index contributed by atoms with van der Waals surface area (Å²) in [5.74, 6) is -0.149. The molecule has 0 radical (unpaired) electrons. The van der Waals surface area contributed by atoms with Gasteiger partial charge >= 0.3 is 5.97 Å². The number of esters is 1. The molecule has 0 spiro atoms. The van der Waals surface area contributed by atoms with Crippen molar-refractivity contribution in [2.24, 2.45) is 0 Å². The highest BCUT2D eigenvalue weighted by molar-refractivity contribution is 14.1. The quantitative estimate of drug-likeness (QED) is 0.556. The summed E-state index contributed by atoms with van der Waals surface area (Å²) in [5, 5.41) is 0. The molecule has 0 aliphatic rings. The fourth-order valence-electron chi connectivity index (χ4n) is 0.366. The second-order valence-electron chi connectivity index (χ2n) is 1.48. The number of ether oxygens (including phenoxy) is 1. The number of carbonyl (C=O) groups excluding carboxylic acids is 1. The summed E-state index contributed by atoms with van der Waals surface area (Å²) in [4.78, 5) is 10.4. The molecule has 0 heterocycles. The topological polar surface area (TPSA) is 26.3 Å². The van der Waals surface area contributed by atoms with Crippen molar-refractivity contribution in [3.63, 3.8) is 0 Å². The Kier molecular flexibility index (Phi) is 6.03. The van der Waals surface area contributed by atoms with E-state index in [1.807, 2.05) is 10.2 Å². The molecule has 0 bridgehead atoms. The van der Waals surface area contributed by atoms with Crippen LogP contribution in [0.4, 0.5) is 0 Å². The summed E-state index contributed by atoms with van der Waals surface area (Å²) < 4.78 is 6.31. The number of hydrogen-bond donors (Lipinski definition) is 0. The van der Waals surface area contributed by atoms with Gasteiger partial charge in [-0.25, -0.2) is 0 Å². The largest absolute Gasteiger partial charge is 0.469 e. The Hall–Kier alpha value is -0.0600. The van der Waals surface area contributed by atoms with Gasteiger partial charge in [-0.1, -0.05) is 28.7 Å². The summed E-state index contributed by atoms with van der Waals surface area (Å²) in [6, 6.07) is 0. The van der Waals surface area contributed by atoms with Gasteiger partial charge in [0.15, 0.2) is 0 Å². The molecule has 0 rings (SSSR count). The summed E-state index contributed by atoms with van der Waals surface area (Å²) in [7, 11) is 1.40. The maximum Gasteiger partial charge on any atom is 0.305 e. The molecule has 0 saturated heterocycles. The van der Waals surface area contributed by atoms with Gasteiger partial charge in [0.2, 0.25) is 0 Å². The van der Waals surface area contributed by atoms with Crippen LogP contribution in [0.5, 0.6) is 0 Å². The average Bonchev–Trinajstić information content (AvgIpc) is 1.89. The Morgan fingerprint density at radius 3 is 2.89 bits per heavy atom. The van der Waals surface area contributed by atoms with Gasteiger partial charge in [-0.2, -0.15) is 0 Å². The van der Waals surface area contributed by atoms with E-state index in [1.165, 1.54) is 7.11 Å². The first-order valence-corrected chi connectivity index (χ1v) is 3.88. The molecule has 0 aliphatic heterocycles. The van der Waals surface area contributed by atoms with Crippen molar-refractivity contribution in [2.45, 2.75) is 12.8 Å². The molecule has 0 atom stereocenters. The van der Waals surface area contributed by atoms with Crippen LogP contribution in [0.1, 0.15) is 12.8 Å². The molecule has 3 heteroatoms. The van der Waals surface area contributed by atoms with Crippen LogP contribution in [-0.2, 0) is 9.53 Å². The maximum atomic E-state index is 10.4. The van der Waals surface area contributed by atoms with Crippen molar-refractivity contribution < 1.29 is 9.53 Å². The first-order valence-electron chi connectivity index (χ1n) is 2.63. The van der Waals surface area contributed by atoms with Gasteiger partial charge in [-0.15, -0.1) is 0 Å². The van der Waals surface area contributed by atoms with Gasteiger partial charge in [0.25, 0.3) is 0 Å². The van der Waals surface area contributed by atoms with Crippen molar-refractivity contribution in [1.29, 1.82) is 0 Å². The number of halogens is 1. The Morgan fingerprint density at radius 2 is 2.44 bits per heavy atom. The Bertz CT molecular complexity index is 110. The van der Waals surface area contributed by atoms with Crippen LogP contribution < -0.4 is 0 Å². The molecule has 0 fully saturated rings. The second kappa shape index (κ2) is 6.07. The minimum Gasteiger partial charge on any atom is -0.469 e. The zero-order chi connectivity index (χ0) is 7.11. The summed E-state index contributed by atoms with van der Waals surface area (Å²) in [6.45, 7) is 0.